The highest BCUT2D eigenvalue weighted by molar-refractivity contribution is 6.35. The summed E-state index contributed by atoms with van der Waals surface area (Å²) in [6.07, 6.45) is -0.895. The van der Waals surface area contributed by atoms with Gasteiger partial charge in [0.05, 0.1) is 17.9 Å². The lowest BCUT2D eigenvalue weighted by Gasteiger charge is -2.13. The summed E-state index contributed by atoms with van der Waals surface area (Å²) in [7, 11) is 0. The van der Waals surface area contributed by atoms with E-state index in [0.717, 1.165) is 0 Å². The molecule has 0 spiro atoms. The molecule has 0 radical (unpaired) electrons. The first-order valence-electron chi connectivity index (χ1n) is 7.46. The van der Waals surface area contributed by atoms with Crippen molar-refractivity contribution in [3.63, 3.8) is 0 Å². The molecule has 5 nitrogen and oxygen atoms in total. The smallest absolute Gasteiger partial charge is 0.411 e. The molecule has 0 aromatic heterocycles. The number of anilines is 1. The van der Waals surface area contributed by atoms with Gasteiger partial charge in [0.25, 0.3) is 5.91 Å². The first-order valence-corrected chi connectivity index (χ1v) is 8.22. The largest absolute Gasteiger partial charge is 0.450 e. The van der Waals surface area contributed by atoms with E-state index in [1.807, 2.05) is 0 Å². The van der Waals surface area contributed by atoms with Gasteiger partial charge in [0.15, 0.2) is 11.6 Å². The third-order valence-electron chi connectivity index (χ3n) is 3.27. The van der Waals surface area contributed by atoms with E-state index in [-0.39, 0.29) is 24.4 Å². The Morgan fingerprint density at radius 3 is 2.46 bits per heavy atom. The zero-order valence-corrected chi connectivity index (χ0v) is 15.0. The molecule has 0 aliphatic heterocycles. The molecule has 2 aromatic rings. The fraction of sp³-hybridized carbons (Fsp3) is 0.176. The number of benzene rings is 2. The summed E-state index contributed by atoms with van der Waals surface area (Å²) in [6.45, 7) is 1.67. The zero-order valence-electron chi connectivity index (χ0n) is 13.5. The summed E-state index contributed by atoms with van der Waals surface area (Å²) in [5, 5.41) is 5.50. The number of hydrogen-bond acceptors (Lipinski definition) is 3. The highest BCUT2D eigenvalue weighted by atomic mass is 35.5. The van der Waals surface area contributed by atoms with Gasteiger partial charge < -0.3 is 10.1 Å². The van der Waals surface area contributed by atoms with E-state index in [0.29, 0.717) is 27.7 Å². The van der Waals surface area contributed by atoms with Crippen LogP contribution in [0.2, 0.25) is 10.0 Å². The summed E-state index contributed by atoms with van der Waals surface area (Å²) in [6, 6.07) is 6.12. The van der Waals surface area contributed by atoms with Gasteiger partial charge in [0, 0.05) is 22.7 Å². The van der Waals surface area contributed by atoms with Gasteiger partial charge in [-0.1, -0.05) is 29.3 Å². The van der Waals surface area contributed by atoms with Crippen LogP contribution in [0.1, 0.15) is 22.8 Å². The number of nitrogens with one attached hydrogen (secondary N) is 2. The van der Waals surface area contributed by atoms with Crippen LogP contribution < -0.4 is 10.6 Å². The molecule has 9 heteroatoms. The minimum atomic E-state index is -1.23. The third-order valence-corrected chi connectivity index (χ3v) is 3.86. The molecule has 0 heterocycles. The Hall–Kier alpha value is -2.38. The highest BCUT2D eigenvalue weighted by Gasteiger charge is 2.18. The van der Waals surface area contributed by atoms with Crippen molar-refractivity contribution in [1.82, 2.24) is 5.32 Å². The van der Waals surface area contributed by atoms with Crippen molar-refractivity contribution in [3.8, 4) is 0 Å². The molecule has 26 heavy (non-hydrogen) atoms. The van der Waals surface area contributed by atoms with Gasteiger partial charge >= 0.3 is 6.09 Å². The topological polar surface area (TPSA) is 67.4 Å². The molecule has 0 aliphatic carbocycles. The predicted octanol–water partition coefficient (Wildman–Crippen LogP) is 4.77. The third kappa shape index (κ3) is 5.06. The molecule has 0 bridgehead atoms. The van der Waals surface area contributed by atoms with Crippen LogP contribution in [0.4, 0.5) is 19.3 Å². The summed E-state index contributed by atoms with van der Waals surface area (Å²) in [5.74, 6) is -3.18. The quantitative estimate of drug-likeness (QED) is 0.756. The first-order chi connectivity index (χ1) is 12.3. The monoisotopic (exact) mass is 402 g/mol. The van der Waals surface area contributed by atoms with E-state index in [1.54, 1.807) is 19.1 Å². The maximum Gasteiger partial charge on any atom is 0.411 e. The zero-order chi connectivity index (χ0) is 19.3. The van der Waals surface area contributed by atoms with Crippen molar-refractivity contribution in [2.45, 2.75) is 13.5 Å². The van der Waals surface area contributed by atoms with E-state index in [9.17, 15) is 18.4 Å². The van der Waals surface area contributed by atoms with Crippen LogP contribution in [0.3, 0.4) is 0 Å². The number of ether oxygens (including phenoxy) is 1. The summed E-state index contributed by atoms with van der Waals surface area (Å²) >= 11 is 11.8. The van der Waals surface area contributed by atoms with Gasteiger partial charge in [-0.05, 0) is 30.7 Å². The van der Waals surface area contributed by atoms with Crippen molar-refractivity contribution >= 4 is 40.9 Å². The number of rotatable bonds is 5. The number of amides is 2. The van der Waals surface area contributed by atoms with E-state index < -0.39 is 23.6 Å². The SMILES string of the molecule is CCOC(=O)Nc1cc(F)c(F)cc1C(=O)NCc1ccc(Cl)cc1Cl. The normalized spacial score (nSPS) is 10.3. The van der Waals surface area contributed by atoms with Crippen molar-refractivity contribution in [1.29, 1.82) is 0 Å². The molecule has 0 saturated heterocycles. The molecule has 0 unspecified atom stereocenters. The Kier molecular flexibility index (Phi) is 6.76. The number of carbonyl (C=O) groups excluding carboxylic acids is 2. The van der Waals surface area contributed by atoms with Gasteiger partial charge in [-0.2, -0.15) is 0 Å². The molecule has 0 aliphatic rings. The second kappa shape index (κ2) is 8.82. The molecule has 0 saturated carbocycles. The van der Waals surface area contributed by atoms with E-state index in [2.05, 4.69) is 15.4 Å². The van der Waals surface area contributed by atoms with Crippen molar-refractivity contribution in [2.24, 2.45) is 0 Å². The molecule has 2 rings (SSSR count). The van der Waals surface area contributed by atoms with Crippen LogP contribution in [0.25, 0.3) is 0 Å². The Morgan fingerprint density at radius 2 is 1.81 bits per heavy atom. The average Bonchev–Trinajstić information content (AvgIpc) is 2.57. The van der Waals surface area contributed by atoms with Gasteiger partial charge in [-0.15, -0.1) is 0 Å². The number of carbonyl (C=O) groups is 2. The standard InChI is InChI=1S/C17H14Cl2F2N2O3/c1-2-26-17(25)23-15-7-14(21)13(20)6-11(15)16(24)22-8-9-3-4-10(18)5-12(9)19/h3-7H,2,8H2,1H3,(H,22,24)(H,23,25). The Bertz CT molecular complexity index is 847. The lowest BCUT2D eigenvalue weighted by molar-refractivity contribution is 0.0951. The summed E-state index contributed by atoms with van der Waals surface area (Å²) < 4.78 is 31.7. The minimum Gasteiger partial charge on any atom is -0.450 e. The number of hydrogen-bond donors (Lipinski definition) is 2. The molecule has 138 valence electrons. The summed E-state index contributed by atoms with van der Waals surface area (Å²) in [5.41, 5.74) is 0.0935. The lowest BCUT2D eigenvalue weighted by atomic mass is 10.1. The van der Waals surface area contributed by atoms with Crippen LogP contribution >= 0.6 is 23.2 Å². The van der Waals surface area contributed by atoms with Crippen LogP contribution in [0.5, 0.6) is 0 Å². The van der Waals surface area contributed by atoms with Gasteiger partial charge in [0.1, 0.15) is 0 Å². The molecule has 2 N–H and O–H groups in total. The van der Waals surface area contributed by atoms with Crippen molar-refractivity contribution in [3.05, 3.63) is 63.1 Å². The average molecular weight is 403 g/mol. The molecular weight excluding hydrogens is 389 g/mol. The summed E-state index contributed by atoms with van der Waals surface area (Å²) in [4.78, 5) is 23.9. The van der Waals surface area contributed by atoms with E-state index in [4.69, 9.17) is 23.2 Å². The predicted molar refractivity (Wildman–Crippen MR) is 94.6 cm³/mol. The van der Waals surface area contributed by atoms with Crippen molar-refractivity contribution in [2.75, 3.05) is 11.9 Å². The minimum absolute atomic E-state index is 0.0205. The van der Waals surface area contributed by atoms with Gasteiger partial charge in [-0.3, -0.25) is 10.1 Å². The van der Waals surface area contributed by atoms with Crippen LogP contribution in [0, 0.1) is 11.6 Å². The number of halogens is 4. The molecule has 0 fully saturated rings. The molecule has 0 atom stereocenters. The molecule has 2 amide bonds. The Balaban J connectivity index is 2.21. The maximum absolute atomic E-state index is 13.5. The van der Waals surface area contributed by atoms with E-state index >= 15 is 0 Å². The fourth-order valence-corrected chi connectivity index (χ4v) is 2.53. The second-order valence-corrected chi connectivity index (χ2v) is 5.92. The van der Waals surface area contributed by atoms with E-state index in [1.165, 1.54) is 6.07 Å². The first kappa shape index (κ1) is 19.9. The Labute approximate surface area is 158 Å². The van der Waals surface area contributed by atoms with Crippen molar-refractivity contribution < 1.29 is 23.1 Å². The maximum atomic E-state index is 13.5. The Morgan fingerprint density at radius 1 is 1.12 bits per heavy atom. The highest BCUT2D eigenvalue weighted by Crippen LogP contribution is 2.23. The fourth-order valence-electron chi connectivity index (χ4n) is 2.05. The van der Waals surface area contributed by atoms with Crippen LogP contribution in [0.15, 0.2) is 30.3 Å². The van der Waals surface area contributed by atoms with Gasteiger partial charge in [0.2, 0.25) is 0 Å². The van der Waals surface area contributed by atoms with Crippen LogP contribution in [-0.4, -0.2) is 18.6 Å². The molecule has 2 aromatic carbocycles. The lowest BCUT2D eigenvalue weighted by Crippen LogP contribution is -2.25. The van der Waals surface area contributed by atoms with Crippen LogP contribution in [-0.2, 0) is 11.3 Å². The second-order valence-electron chi connectivity index (χ2n) is 5.08. The molecular formula is C17H14Cl2F2N2O3. The van der Waals surface area contributed by atoms with Gasteiger partial charge in [-0.25, -0.2) is 13.6 Å².